The Morgan fingerprint density at radius 2 is 1.88 bits per heavy atom. The lowest BCUT2D eigenvalue weighted by Crippen LogP contribution is -3.00. The van der Waals surface area contributed by atoms with Crippen LogP contribution in [0.25, 0.3) is 0 Å². The van der Waals surface area contributed by atoms with Crippen LogP contribution in [0.15, 0.2) is 53.8 Å². The van der Waals surface area contributed by atoms with E-state index in [0.29, 0.717) is 0 Å². The first-order valence-corrected chi connectivity index (χ1v) is 4.88. The van der Waals surface area contributed by atoms with Gasteiger partial charge < -0.3 is 28.5 Å². The van der Waals surface area contributed by atoms with Crippen LogP contribution >= 0.6 is 0 Å². The van der Waals surface area contributed by atoms with E-state index in [4.69, 9.17) is 0 Å². The van der Waals surface area contributed by atoms with Crippen LogP contribution in [0.2, 0.25) is 0 Å². The first-order valence-electron chi connectivity index (χ1n) is 4.88. The first kappa shape index (κ1) is 12.9. The van der Waals surface area contributed by atoms with Crippen molar-refractivity contribution in [1.82, 2.24) is 4.57 Å². The third-order valence-corrected chi connectivity index (χ3v) is 2.28. The molecule has 3 nitrogen and oxygen atoms in total. The predicted octanol–water partition coefficient (Wildman–Crippen LogP) is -1.91. The second kappa shape index (κ2) is 5.79. The van der Waals surface area contributed by atoms with Crippen LogP contribution in [0.1, 0.15) is 0 Å². The Bertz CT molecular complexity index is 532. The first-order chi connectivity index (χ1) is 7.27. The van der Waals surface area contributed by atoms with E-state index in [-0.39, 0.29) is 24.0 Å². The average Bonchev–Trinajstić information content (AvgIpc) is 2.24. The van der Waals surface area contributed by atoms with Gasteiger partial charge in [0.2, 0.25) is 5.49 Å². The molecule has 4 heteroatoms. The van der Waals surface area contributed by atoms with Crippen molar-refractivity contribution in [2.45, 2.75) is 0 Å². The molecule has 84 valence electrons. The van der Waals surface area contributed by atoms with Crippen molar-refractivity contribution < 1.29 is 28.5 Å². The molecule has 0 fully saturated rings. The van der Waals surface area contributed by atoms with Crippen molar-refractivity contribution in [3.8, 4) is 0 Å². The smallest absolute Gasteiger partial charge is 0.325 e. The molecule has 0 unspecified atom stereocenters. The molecule has 0 aliphatic heterocycles. The van der Waals surface area contributed by atoms with E-state index < -0.39 is 0 Å². The number of aryl methyl sites for hydroxylation is 2. The molecule has 0 spiro atoms. The van der Waals surface area contributed by atoms with Crippen molar-refractivity contribution in [1.29, 1.82) is 0 Å². The van der Waals surface area contributed by atoms with Crippen LogP contribution in [0, 0.1) is 0 Å². The fraction of sp³-hybridized carbons (Fsp3) is 0.167. The van der Waals surface area contributed by atoms with E-state index in [1.165, 1.54) is 0 Å². The summed E-state index contributed by atoms with van der Waals surface area (Å²) in [7, 11) is 3.98. The molecule has 2 aromatic rings. The highest BCUT2D eigenvalue weighted by atomic mass is 127. The van der Waals surface area contributed by atoms with Crippen LogP contribution in [0.4, 0.5) is 5.82 Å². The second-order valence-electron chi connectivity index (χ2n) is 3.45. The maximum atomic E-state index is 4.57. The zero-order chi connectivity index (χ0) is 10.7. The summed E-state index contributed by atoms with van der Waals surface area (Å²) < 4.78 is 3.99. The normalized spacial score (nSPS) is 11.0. The Labute approximate surface area is 112 Å². The largest absolute Gasteiger partial charge is 1.00 e. The minimum absolute atomic E-state index is 0. The molecule has 16 heavy (non-hydrogen) atoms. The van der Waals surface area contributed by atoms with Crippen molar-refractivity contribution in [2.24, 2.45) is 19.1 Å². The maximum Gasteiger partial charge on any atom is 0.325 e. The third kappa shape index (κ3) is 2.91. The summed E-state index contributed by atoms with van der Waals surface area (Å²) in [4.78, 5) is 4.57. The Kier molecular flexibility index (Phi) is 4.67. The standard InChI is InChI=1S/C12H14N3.HI/c1-14-9-5-3-7-11(14)13-12-8-4-6-10-15(12)2;/h3-10H,1-2H3;1H/q+1;/p-1. The molecule has 2 rings (SSSR count). The van der Waals surface area contributed by atoms with E-state index in [2.05, 4.69) is 4.99 Å². The van der Waals surface area contributed by atoms with Gasteiger partial charge in [0, 0.05) is 25.4 Å². The van der Waals surface area contributed by atoms with Crippen LogP contribution in [0.3, 0.4) is 0 Å². The van der Waals surface area contributed by atoms with Gasteiger partial charge in [-0.05, 0) is 17.1 Å². The SMILES string of the molecule is Cn1ccccc1=Nc1cccc[n+]1C.[I-]. The number of rotatable bonds is 1. The van der Waals surface area contributed by atoms with Gasteiger partial charge in [-0.1, -0.05) is 12.1 Å². The van der Waals surface area contributed by atoms with Crippen LogP contribution in [0.5, 0.6) is 0 Å². The van der Waals surface area contributed by atoms with Crippen LogP contribution in [-0.2, 0) is 14.1 Å². The highest BCUT2D eigenvalue weighted by Gasteiger charge is 2.02. The molecule has 0 aliphatic carbocycles. The molecule has 0 N–H and O–H groups in total. The maximum absolute atomic E-state index is 4.57. The minimum atomic E-state index is 0. The van der Waals surface area contributed by atoms with Gasteiger partial charge in [0.15, 0.2) is 0 Å². The Balaban J connectivity index is 0.00000128. The summed E-state index contributed by atoms with van der Waals surface area (Å²) in [6.07, 6.45) is 3.98. The van der Waals surface area contributed by atoms with Gasteiger partial charge in [0.25, 0.3) is 0 Å². The summed E-state index contributed by atoms with van der Waals surface area (Å²) in [5.74, 6) is 0.944. The highest BCUT2D eigenvalue weighted by molar-refractivity contribution is 5.18. The van der Waals surface area contributed by atoms with Gasteiger partial charge in [0.05, 0.1) is 13.2 Å². The summed E-state index contributed by atoms with van der Waals surface area (Å²) in [5.41, 5.74) is 0.944. The van der Waals surface area contributed by atoms with Crippen molar-refractivity contribution in [3.63, 3.8) is 0 Å². The molecule has 0 bridgehead atoms. The molecular weight excluding hydrogens is 313 g/mol. The van der Waals surface area contributed by atoms with Gasteiger partial charge in [-0.15, -0.1) is 0 Å². The summed E-state index contributed by atoms with van der Waals surface area (Å²) in [6, 6.07) is 11.9. The Morgan fingerprint density at radius 3 is 2.56 bits per heavy atom. The van der Waals surface area contributed by atoms with Gasteiger partial charge >= 0.3 is 5.82 Å². The van der Waals surface area contributed by atoms with Gasteiger partial charge in [-0.25, -0.2) is 4.57 Å². The third-order valence-electron chi connectivity index (χ3n) is 2.28. The summed E-state index contributed by atoms with van der Waals surface area (Å²) in [5, 5.41) is 0. The Morgan fingerprint density at radius 1 is 1.12 bits per heavy atom. The fourth-order valence-electron chi connectivity index (χ4n) is 1.38. The van der Waals surface area contributed by atoms with Crippen molar-refractivity contribution in [2.75, 3.05) is 0 Å². The fourth-order valence-corrected chi connectivity index (χ4v) is 1.38. The van der Waals surface area contributed by atoms with Crippen LogP contribution < -0.4 is 34.0 Å². The number of aromatic nitrogens is 2. The average molecular weight is 327 g/mol. The predicted molar refractivity (Wildman–Crippen MR) is 58.3 cm³/mol. The molecular formula is C12H14IN3. The number of nitrogens with zero attached hydrogens (tertiary/aromatic N) is 3. The Hall–Kier alpha value is -1.17. The topological polar surface area (TPSA) is 21.2 Å². The van der Waals surface area contributed by atoms with Crippen LogP contribution in [-0.4, -0.2) is 4.57 Å². The highest BCUT2D eigenvalue weighted by Crippen LogP contribution is 1.99. The number of hydrogen-bond acceptors (Lipinski definition) is 1. The lowest BCUT2D eigenvalue weighted by molar-refractivity contribution is -0.658. The van der Waals surface area contributed by atoms with Gasteiger partial charge in [-0.2, -0.15) is 0 Å². The van der Waals surface area contributed by atoms with E-state index in [9.17, 15) is 0 Å². The lowest BCUT2D eigenvalue weighted by Gasteiger charge is -1.94. The molecule has 0 aliphatic rings. The van der Waals surface area contributed by atoms with Gasteiger partial charge in [0.1, 0.15) is 0 Å². The zero-order valence-electron chi connectivity index (χ0n) is 9.34. The molecule has 0 aromatic carbocycles. The van der Waals surface area contributed by atoms with E-state index in [0.717, 1.165) is 11.3 Å². The quantitative estimate of drug-likeness (QED) is 0.431. The zero-order valence-corrected chi connectivity index (χ0v) is 11.5. The lowest BCUT2D eigenvalue weighted by atomic mass is 10.4. The van der Waals surface area contributed by atoms with E-state index >= 15 is 0 Å². The molecule has 0 atom stereocenters. The molecule has 0 saturated carbocycles. The summed E-state index contributed by atoms with van der Waals surface area (Å²) >= 11 is 0. The molecule has 2 aromatic heterocycles. The van der Waals surface area contributed by atoms with Crippen molar-refractivity contribution >= 4 is 5.82 Å². The van der Waals surface area contributed by atoms with E-state index in [1.54, 1.807) is 0 Å². The second-order valence-corrected chi connectivity index (χ2v) is 3.45. The molecule has 0 radical (unpaired) electrons. The number of pyridine rings is 2. The monoisotopic (exact) mass is 327 g/mol. The summed E-state index contributed by atoms with van der Waals surface area (Å²) in [6.45, 7) is 0. The van der Waals surface area contributed by atoms with E-state index in [1.807, 2.05) is 72.0 Å². The minimum Gasteiger partial charge on any atom is -1.00 e. The number of halogens is 1. The van der Waals surface area contributed by atoms with Crippen molar-refractivity contribution in [3.05, 3.63) is 54.3 Å². The molecule has 2 heterocycles. The molecule has 0 amide bonds. The molecule has 0 saturated heterocycles. The number of hydrogen-bond donors (Lipinski definition) is 0. The van der Waals surface area contributed by atoms with Gasteiger partial charge in [-0.3, -0.25) is 0 Å².